The number of unbranched alkanes of at least 4 members (excludes halogenated alkanes) is 1. The number of quaternary nitrogens is 1. The van der Waals surface area contributed by atoms with Crippen LogP contribution in [0.15, 0.2) is 53.9 Å². The van der Waals surface area contributed by atoms with Gasteiger partial charge in [-0.25, -0.2) is 9.59 Å². The predicted octanol–water partition coefficient (Wildman–Crippen LogP) is 5.18. The molecule has 2 unspecified atom stereocenters. The van der Waals surface area contributed by atoms with E-state index in [9.17, 15) is 48.3 Å². The summed E-state index contributed by atoms with van der Waals surface area (Å²) in [5.74, 6) is -6.01. The van der Waals surface area contributed by atoms with Gasteiger partial charge in [0.1, 0.15) is 36.8 Å². The number of allylic oxidation sites excluding steroid dienone is 3. The molecule has 5 rings (SSSR count). The van der Waals surface area contributed by atoms with Gasteiger partial charge in [-0.2, -0.15) is 0 Å². The number of likely N-dealkylation sites (N-methyl/N-ethyl adjacent to an activating group) is 3. The summed E-state index contributed by atoms with van der Waals surface area (Å²) in [6, 6.07) is -0.00336. The number of primary amides is 1. The molecule has 3 aliphatic carbocycles. The fourth-order valence-electron chi connectivity index (χ4n) is 18.6. The predicted molar refractivity (Wildman–Crippen MR) is 549 cm³/mol. The number of nitrogens with zero attached hydrogens (tertiary/aromatic N) is 4. The lowest BCUT2D eigenvalue weighted by molar-refractivity contribution is -0.869. The van der Waals surface area contributed by atoms with Gasteiger partial charge in [0, 0.05) is 79.6 Å². The molecular weight excluding hydrogens is 1870 g/mol. The van der Waals surface area contributed by atoms with Gasteiger partial charge in [-0.1, -0.05) is 124 Å². The van der Waals surface area contributed by atoms with Crippen molar-refractivity contribution < 1.29 is 124 Å². The van der Waals surface area contributed by atoms with Crippen LogP contribution in [-0.2, 0) is 105 Å². The number of aliphatic hydroxyl groups excluding tert-OH is 1. The van der Waals surface area contributed by atoms with Crippen molar-refractivity contribution in [3.63, 3.8) is 0 Å². The van der Waals surface area contributed by atoms with Crippen LogP contribution in [0.25, 0.3) is 0 Å². The molecule has 1 saturated heterocycles. The number of fused-ring (bicyclic) bond motifs is 1. The molecule has 0 spiro atoms. The highest BCUT2D eigenvalue weighted by Crippen LogP contribution is 2.53. The van der Waals surface area contributed by atoms with Gasteiger partial charge < -0.3 is 146 Å². The largest absolute Gasteiger partial charge is 0.449 e. The number of urea groups is 1. The number of nitrogens with one attached hydrogen (secondary N) is 10. The topological polar surface area (TPSA) is 518 Å². The van der Waals surface area contributed by atoms with Crippen LogP contribution in [0.5, 0.6) is 0 Å². The SMILES string of the molecule is CC[C@H](C)[C@@H]([C@@H](CC(=O)N1CCC[C@H]1[C@H](OC)[C@@H](C)C(=O)N[C@H](C)[C@@H](O)c1ccccc1)OC)N(C)C(=O)[C@@H](NC(=O)[C@H](C(C)C)N(C)C(=O)[C@H](CCCNC(N)=O)NC(=O)[C@@H](NC(=O)[C@@H](CCCCNC(=O)COC1CCCCCC(NCCOCCOCCOCCOCCC(=O)NCC[N+](C)(C)C)=C1N)NC(=O)CCOCCOCCOCCOCCNC(=O)OCC1[C@H]2CC/C=C\CC[C@@H]12)C(C)C)C(C)C. The maximum atomic E-state index is 15.3. The molecule has 1 saturated carbocycles. The number of hydrogen-bond donors (Lipinski definition) is 13. The van der Waals surface area contributed by atoms with E-state index in [4.69, 9.17) is 68.3 Å². The van der Waals surface area contributed by atoms with Crippen LogP contribution in [0.4, 0.5) is 9.59 Å². The van der Waals surface area contributed by atoms with Gasteiger partial charge in [-0.05, 0) is 144 Å². The Bertz CT molecular complexity index is 4000. The Morgan fingerprint density at radius 1 is 0.531 bits per heavy atom. The van der Waals surface area contributed by atoms with Gasteiger partial charge >= 0.3 is 12.1 Å². The number of likely N-dealkylation sites (tertiary alicyclic amines) is 1. The molecule has 17 atom stereocenters. The minimum atomic E-state index is -1.38. The molecule has 2 fully saturated rings. The normalized spacial score (nSPS) is 19.2. The number of benzene rings is 1. The number of hydrogen-bond acceptors (Lipinski definition) is 27. The van der Waals surface area contributed by atoms with Crippen molar-refractivity contribution in [2.75, 3.05) is 214 Å². The summed E-state index contributed by atoms with van der Waals surface area (Å²) in [7, 11) is 12.2. The summed E-state index contributed by atoms with van der Waals surface area (Å²) < 4.78 is 69.9. The Morgan fingerprint density at radius 2 is 1.09 bits per heavy atom. The molecule has 828 valence electrons. The van der Waals surface area contributed by atoms with Gasteiger partial charge in [0.25, 0.3) is 0 Å². The van der Waals surface area contributed by atoms with Crippen molar-refractivity contribution in [1.82, 2.24) is 67.9 Å². The van der Waals surface area contributed by atoms with Crippen molar-refractivity contribution in [2.24, 2.45) is 58.8 Å². The van der Waals surface area contributed by atoms with Crippen molar-refractivity contribution >= 4 is 71.2 Å². The van der Waals surface area contributed by atoms with Crippen molar-refractivity contribution in [2.45, 2.75) is 270 Å². The van der Waals surface area contributed by atoms with E-state index in [2.05, 4.69) is 86.5 Å². The fourth-order valence-corrected chi connectivity index (χ4v) is 18.6. The Balaban J connectivity index is 1.19. The first-order chi connectivity index (χ1) is 69.3. The Labute approximate surface area is 861 Å². The summed E-state index contributed by atoms with van der Waals surface area (Å²) in [5.41, 5.74) is 14.2. The van der Waals surface area contributed by atoms with Gasteiger partial charge in [-0.15, -0.1) is 0 Å². The summed E-state index contributed by atoms with van der Waals surface area (Å²) in [5, 5.41) is 40.0. The Morgan fingerprint density at radius 3 is 1.66 bits per heavy atom. The standard InChI is InChI=1S/C104H182N16O25/c1-18-73(8)94(85(134-16)67-89(124)119-49-32-40-83(119)96(135-17)74(9)97(126)112-75(10)95(125)76-33-23-21-24-34-76)118(12)102(131)92(71(4)5)116-100(129)93(72(6)7)117(11)101(130)82(39-31-45-110-103(106)132)114-99(128)91(70(2)3)115-98(127)81(113-87(122)43-52-137-56-60-141-64-66-143-62-58-139-54-48-111-104(133)145-68-79-77-35-25-19-20-26-36-78(77)79)38-29-30-44-108-88(123)69-144-84-41-28-22-27-37-80(90(84)105)107-47-53-138-57-61-142-65-63-140-59-55-136-51-42-86(121)109-46-50-120(13,14)15/h19-21,23-24,33-34,70-75,77-79,81-85,91-96,107,125H,18,22,25-32,35-69,105H2,1-17H3,(H10-,106,108,109,110,111,112,113,114,115,116,121,122,123,126,127,128,129,132,133)/p+1/b20-19-,90-80?/t73-,74+,75+,77-,78+,79?,81+,82-,83-,84?,85+,91-,92-,93-,94-,95+,96+/m0/s1. The molecule has 1 aliphatic heterocycles. The summed E-state index contributed by atoms with van der Waals surface area (Å²) in [6.45, 7) is 25.4. The third-order valence-corrected chi connectivity index (χ3v) is 27.2. The number of amides is 13. The van der Waals surface area contributed by atoms with E-state index >= 15 is 14.4 Å². The van der Waals surface area contributed by atoms with E-state index < -0.39 is 150 Å². The molecule has 1 aromatic rings. The molecule has 0 radical (unpaired) electrons. The lowest BCUT2D eigenvalue weighted by atomic mass is 9.89. The molecule has 41 nitrogen and oxygen atoms in total. The molecule has 0 aromatic heterocycles. The summed E-state index contributed by atoms with van der Waals surface area (Å²) in [4.78, 5) is 172. The molecule has 1 aromatic carbocycles. The number of nitrogens with two attached hydrogens (primary N) is 2. The first-order valence-corrected chi connectivity index (χ1v) is 52.9. The van der Waals surface area contributed by atoms with Gasteiger partial charge in [0.05, 0.1) is 207 Å². The molecule has 0 bridgehead atoms. The number of aliphatic hydroxyl groups is 1. The Hall–Kier alpha value is -8.98. The highest BCUT2D eigenvalue weighted by molar-refractivity contribution is 5.97. The van der Waals surface area contributed by atoms with Gasteiger partial charge in [-0.3, -0.25) is 47.9 Å². The van der Waals surface area contributed by atoms with Crippen molar-refractivity contribution in [3.05, 3.63) is 59.4 Å². The van der Waals surface area contributed by atoms with E-state index in [1.165, 1.54) is 31.1 Å². The molecule has 13 amide bonds. The molecule has 41 heteroatoms. The van der Waals surface area contributed by atoms with Gasteiger partial charge in [0.2, 0.25) is 59.1 Å². The van der Waals surface area contributed by atoms with E-state index in [0.717, 1.165) is 61.7 Å². The molecule has 4 aliphatic rings. The van der Waals surface area contributed by atoms with Crippen molar-refractivity contribution in [3.8, 4) is 0 Å². The molecule has 1 heterocycles. The number of carbonyl (C=O) groups excluding carboxylic acids is 12. The number of rotatable bonds is 75. The van der Waals surface area contributed by atoms with Crippen LogP contribution in [0.2, 0.25) is 0 Å². The second-order valence-electron chi connectivity index (χ2n) is 40.5. The maximum absolute atomic E-state index is 15.3. The van der Waals surface area contributed by atoms with Crippen LogP contribution < -0.4 is 64.6 Å². The second kappa shape index (κ2) is 70.8. The highest BCUT2D eigenvalue weighted by atomic mass is 16.6. The minimum absolute atomic E-state index is 0.00887. The van der Waals surface area contributed by atoms with Crippen LogP contribution >= 0.6 is 0 Å². The first kappa shape index (κ1) is 126. The lowest BCUT2D eigenvalue weighted by Crippen LogP contribution is -2.62. The Kier molecular flexibility index (Phi) is 61.8. The molecule has 145 heavy (non-hydrogen) atoms. The third-order valence-electron chi connectivity index (χ3n) is 27.2. The highest BCUT2D eigenvalue weighted by Gasteiger charge is 2.50. The quantitative estimate of drug-likeness (QED) is 0.0227. The van der Waals surface area contributed by atoms with E-state index in [1.807, 2.05) is 32.0 Å². The van der Waals surface area contributed by atoms with Crippen LogP contribution in [0.3, 0.4) is 0 Å². The zero-order chi connectivity index (χ0) is 107. The minimum Gasteiger partial charge on any atom is -0.449 e. The van der Waals surface area contributed by atoms with Crippen LogP contribution in [0, 0.1) is 47.3 Å². The third kappa shape index (κ3) is 48.5. The number of carbonyl (C=O) groups is 12. The second-order valence-corrected chi connectivity index (χ2v) is 40.5. The van der Waals surface area contributed by atoms with Gasteiger partial charge in [0.15, 0.2) is 0 Å². The van der Waals surface area contributed by atoms with E-state index in [1.54, 1.807) is 79.5 Å². The zero-order valence-corrected chi connectivity index (χ0v) is 90.1. The monoisotopic (exact) mass is 2060 g/mol. The lowest BCUT2D eigenvalue weighted by Gasteiger charge is -2.41. The van der Waals surface area contributed by atoms with E-state index in [-0.39, 0.29) is 108 Å². The fraction of sp³-hybridized carbons (Fsp3) is 0.788. The van der Waals surface area contributed by atoms with Crippen molar-refractivity contribution in [1.29, 1.82) is 0 Å². The molecule has 15 N–H and O–H groups in total. The zero-order valence-electron chi connectivity index (χ0n) is 90.1. The van der Waals surface area contributed by atoms with E-state index in [0.29, 0.717) is 186 Å². The number of ether oxygens (including phenoxy) is 12. The smallest absolute Gasteiger partial charge is 0.407 e. The first-order valence-electron chi connectivity index (χ1n) is 52.9. The number of alkyl carbamates (subject to hydrolysis) is 1. The summed E-state index contributed by atoms with van der Waals surface area (Å²) in [6.07, 6.45) is 11.9. The number of methoxy groups -OCH3 is 2. The maximum Gasteiger partial charge on any atom is 0.407 e. The van der Waals surface area contributed by atoms with Crippen LogP contribution in [-0.4, -0.2) is 376 Å². The van der Waals surface area contributed by atoms with Crippen LogP contribution in [0.1, 0.15) is 209 Å². The average molecular weight is 2060 g/mol. The molecular formula is C104H183N16O25+. The summed E-state index contributed by atoms with van der Waals surface area (Å²) >= 11 is 0. The average Bonchev–Trinajstić information content (AvgIpc) is 1.64.